The first-order valence-electron chi connectivity index (χ1n) is 10.8. The summed E-state index contributed by atoms with van der Waals surface area (Å²) in [5, 5.41) is 3.13. The molecule has 1 aromatic rings. The van der Waals surface area contributed by atoms with Crippen LogP contribution in [0.25, 0.3) is 0 Å². The SMILES string of the molecule is Cc1cnc(C(=O)N(CCC(=O)NC2CCCCC2)CCN2CCOCC2)cn1. The highest BCUT2D eigenvalue weighted by Gasteiger charge is 2.21. The van der Waals surface area contributed by atoms with Crippen molar-refractivity contribution >= 4 is 11.8 Å². The van der Waals surface area contributed by atoms with Crippen LogP contribution in [0.15, 0.2) is 12.4 Å². The van der Waals surface area contributed by atoms with Crippen molar-refractivity contribution in [3.63, 3.8) is 0 Å². The molecule has 29 heavy (non-hydrogen) atoms. The molecule has 1 saturated carbocycles. The fraction of sp³-hybridized carbons (Fsp3) is 0.714. The molecule has 8 nitrogen and oxygen atoms in total. The van der Waals surface area contributed by atoms with Gasteiger partial charge in [0.2, 0.25) is 5.91 Å². The molecule has 2 amide bonds. The Morgan fingerprint density at radius 3 is 2.59 bits per heavy atom. The van der Waals surface area contributed by atoms with Crippen molar-refractivity contribution in [2.45, 2.75) is 51.5 Å². The van der Waals surface area contributed by atoms with Crippen molar-refractivity contribution in [2.75, 3.05) is 45.9 Å². The van der Waals surface area contributed by atoms with E-state index in [0.717, 1.165) is 51.4 Å². The topological polar surface area (TPSA) is 87.7 Å². The molecule has 1 aromatic heterocycles. The molecule has 1 saturated heterocycles. The van der Waals surface area contributed by atoms with E-state index in [1.807, 2.05) is 6.92 Å². The van der Waals surface area contributed by atoms with Crippen molar-refractivity contribution in [1.29, 1.82) is 0 Å². The van der Waals surface area contributed by atoms with Gasteiger partial charge in [0.05, 0.1) is 25.1 Å². The van der Waals surface area contributed by atoms with E-state index in [1.54, 1.807) is 11.1 Å². The molecular formula is C21H33N5O3. The third-order valence-electron chi connectivity index (χ3n) is 5.66. The Kier molecular flexibility index (Phi) is 8.37. The molecule has 0 spiro atoms. The van der Waals surface area contributed by atoms with Crippen LogP contribution in [0.4, 0.5) is 0 Å². The Morgan fingerprint density at radius 1 is 1.14 bits per heavy atom. The quantitative estimate of drug-likeness (QED) is 0.706. The minimum Gasteiger partial charge on any atom is -0.379 e. The molecule has 8 heteroatoms. The second kappa shape index (κ2) is 11.2. The van der Waals surface area contributed by atoms with Gasteiger partial charge in [-0.1, -0.05) is 19.3 Å². The maximum absolute atomic E-state index is 13.0. The molecule has 0 unspecified atom stereocenters. The first kappa shape index (κ1) is 21.6. The van der Waals surface area contributed by atoms with Crippen LogP contribution in [-0.4, -0.2) is 83.6 Å². The average Bonchev–Trinajstić information content (AvgIpc) is 2.75. The molecule has 0 atom stereocenters. The molecule has 0 radical (unpaired) electrons. The predicted octanol–water partition coefficient (Wildman–Crippen LogP) is 1.40. The number of aromatic nitrogens is 2. The van der Waals surface area contributed by atoms with Gasteiger partial charge in [0.1, 0.15) is 5.69 Å². The zero-order chi connectivity index (χ0) is 20.5. The first-order chi connectivity index (χ1) is 14.1. The van der Waals surface area contributed by atoms with E-state index in [2.05, 4.69) is 20.2 Å². The number of ether oxygens (including phenoxy) is 1. The Balaban J connectivity index is 1.55. The minimum absolute atomic E-state index is 0.0241. The summed E-state index contributed by atoms with van der Waals surface area (Å²) >= 11 is 0. The highest BCUT2D eigenvalue weighted by Crippen LogP contribution is 2.17. The number of nitrogens with one attached hydrogen (secondary N) is 1. The van der Waals surface area contributed by atoms with Crippen LogP contribution in [0.3, 0.4) is 0 Å². The molecule has 160 valence electrons. The lowest BCUT2D eigenvalue weighted by Gasteiger charge is -2.30. The molecular weight excluding hydrogens is 370 g/mol. The largest absolute Gasteiger partial charge is 0.379 e. The summed E-state index contributed by atoms with van der Waals surface area (Å²) in [6, 6.07) is 0.289. The van der Waals surface area contributed by atoms with Crippen molar-refractivity contribution in [3.8, 4) is 0 Å². The van der Waals surface area contributed by atoms with Crippen LogP contribution in [0.5, 0.6) is 0 Å². The van der Waals surface area contributed by atoms with E-state index in [9.17, 15) is 9.59 Å². The number of aryl methyl sites for hydroxylation is 1. The van der Waals surface area contributed by atoms with Crippen LogP contribution in [0, 0.1) is 6.92 Å². The molecule has 3 rings (SSSR count). The molecule has 2 aliphatic rings. The Morgan fingerprint density at radius 2 is 1.90 bits per heavy atom. The van der Waals surface area contributed by atoms with Crippen LogP contribution in [-0.2, 0) is 9.53 Å². The fourth-order valence-electron chi connectivity index (χ4n) is 3.85. The van der Waals surface area contributed by atoms with Gasteiger partial charge in [-0.2, -0.15) is 0 Å². The maximum atomic E-state index is 13.0. The Hall–Kier alpha value is -2.06. The standard InChI is InChI=1S/C21H33N5O3/c1-17-15-23-19(16-22-17)21(28)26(10-9-25-11-13-29-14-12-25)8-7-20(27)24-18-5-3-2-4-6-18/h15-16,18H,2-14H2,1H3,(H,24,27). The number of carbonyl (C=O) groups is 2. The first-order valence-corrected chi connectivity index (χ1v) is 10.8. The van der Waals surface area contributed by atoms with Gasteiger partial charge in [-0.25, -0.2) is 4.98 Å². The summed E-state index contributed by atoms with van der Waals surface area (Å²) in [4.78, 5) is 37.8. The third-order valence-corrected chi connectivity index (χ3v) is 5.66. The van der Waals surface area contributed by atoms with Crippen molar-refractivity contribution in [3.05, 3.63) is 23.8 Å². The highest BCUT2D eigenvalue weighted by molar-refractivity contribution is 5.92. The predicted molar refractivity (Wildman–Crippen MR) is 110 cm³/mol. The van der Waals surface area contributed by atoms with E-state index < -0.39 is 0 Å². The summed E-state index contributed by atoms with van der Waals surface area (Å²) in [5.74, 6) is -0.146. The van der Waals surface area contributed by atoms with Crippen LogP contribution in [0.2, 0.25) is 0 Å². The highest BCUT2D eigenvalue weighted by atomic mass is 16.5. The van der Waals surface area contributed by atoms with E-state index in [-0.39, 0.29) is 17.9 Å². The number of hydrogen-bond acceptors (Lipinski definition) is 6. The number of amides is 2. The second-order valence-corrected chi connectivity index (χ2v) is 7.94. The Bertz CT molecular complexity index is 655. The van der Waals surface area contributed by atoms with Gasteiger partial charge in [-0.15, -0.1) is 0 Å². The van der Waals surface area contributed by atoms with E-state index in [0.29, 0.717) is 25.2 Å². The van der Waals surface area contributed by atoms with E-state index in [4.69, 9.17) is 4.74 Å². The van der Waals surface area contributed by atoms with Crippen LogP contribution < -0.4 is 5.32 Å². The van der Waals surface area contributed by atoms with Crippen molar-refractivity contribution in [1.82, 2.24) is 25.1 Å². The van der Waals surface area contributed by atoms with Gasteiger partial charge < -0.3 is 15.0 Å². The van der Waals surface area contributed by atoms with Crippen molar-refractivity contribution < 1.29 is 14.3 Å². The summed E-state index contributed by atoms with van der Waals surface area (Å²) < 4.78 is 5.39. The van der Waals surface area contributed by atoms with E-state index in [1.165, 1.54) is 25.5 Å². The zero-order valence-electron chi connectivity index (χ0n) is 17.4. The lowest BCUT2D eigenvalue weighted by Crippen LogP contribution is -2.44. The second-order valence-electron chi connectivity index (χ2n) is 7.94. The average molecular weight is 404 g/mol. The van der Waals surface area contributed by atoms with Gasteiger partial charge in [0.25, 0.3) is 5.91 Å². The van der Waals surface area contributed by atoms with Crippen LogP contribution in [0.1, 0.15) is 54.7 Å². The summed E-state index contributed by atoms with van der Waals surface area (Å²) in [6.07, 6.45) is 9.17. The third kappa shape index (κ3) is 7.04. The summed E-state index contributed by atoms with van der Waals surface area (Å²) in [5.41, 5.74) is 1.10. The molecule has 1 aliphatic heterocycles. The van der Waals surface area contributed by atoms with Gasteiger partial charge in [0.15, 0.2) is 0 Å². The van der Waals surface area contributed by atoms with Gasteiger partial charge in [-0.05, 0) is 19.8 Å². The van der Waals surface area contributed by atoms with E-state index >= 15 is 0 Å². The molecule has 0 aromatic carbocycles. The molecule has 1 N–H and O–H groups in total. The fourth-order valence-corrected chi connectivity index (χ4v) is 3.85. The molecule has 1 aliphatic carbocycles. The van der Waals surface area contributed by atoms with Gasteiger partial charge in [0, 0.05) is 51.4 Å². The molecule has 0 bridgehead atoms. The number of hydrogen-bond donors (Lipinski definition) is 1. The smallest absolute Gasteiger partial charge is 0.274 e. The lowest BCUT2D eigenvalue weighted by molar-refractivity contribution is -0.122. The van der Waals surface area contributed by atoms with Gasteiger partial charge >= 0.3 is 0 Å². The monoisotopic (exact) mass is 403 g/mol. The number of rotatable bonds is 8. The minimum atomic E-state index is -0.170. The molecule has 2 fully saturated rings. The zero-order valence-corrected chi connectivity index (χ0v) is 17.4. The number of nitrogens with zero attached hydrogens (tertiary/aromatic N) is 4. The van der Waals surface area contributed by atoms with Gasteiger partial charge in [-0.3, -0.25) is 19.5 Å². The summed E-state index contributed by atoms with van der Waals surface area (Å²) in [6.45, 7) is 6.74. The van der Waals surface area contributed by atoms with Crippen LogP contribution >= 0.6 is 0 Å². The number of morpholine rings is 1. The normalized spacial score (nSPS) is 18.4. The maximum Gasteiger partial charge on any atom is 0.274 e. The molecule has 2 heterocycles. The van der Waals surface area contributed by atoms with Crippen molar-refractivity contribution in [2.24, 2.45) is 0 Å². The summed E-state index contributed by atoms with van der Waals surface area (Å²) in [7, 11) is 0. The lowest BCUT2D eigenvalue weighted by atomic mass is 9.95. The Labute approximate surface area is 173 Å². The number of carbonyl (C=O) groups excluding carboxylic acids is 2.